The quantitative estimate of drug-likeness (QED) is 0.316. The maximum absolute atomic E-state index is 13.6. The van der Waals surface area contributed by atoms with E-state index in [1.54, 1.807) is 30.3 Å². The molecule has 0 saturated carbocycles. The van der Waals surface area contributed by atoms with E-state index < -0.39 is 6.10 Å². The summed E-state index contributed by atoms with van der Waals surface area (Å²) in [5.74, 6) is 0.534. The number of nitrogens with one attached hydrogen (secondary N) is 1. The Bertz CT molecular complexity index is 1470. The molecule has 210 valence electrons. The van der Waals surface area contributed by atoms with Gasteiger partial charge in [0.15, 0.2) is 5.58 Å². The molecule has 1 fully saturated rings. The van der Waals surface area contributed by atoms with Gasteiger partial charge in [-0.2, -0.15) is 0 Å². The highest BCUT2D eigenvalue weighted by Gasteiger charge is 2.27. The topological polar surface area (TPSA) is 91.1 Å². The van der Waals surface area contributed by atoms with Crippen LogP contribution in [0, 0.1) is 19.7 Å². The summed E-state index contributed by atoms with van der Waals surface area (Å²) < 4.78 is 25.2. The SMILES string of the molecule is Cc1cccc(C)c1NC(=O)CN1CCN(C[C@H](O)COc2ccc3oc(-c4cccc(F)c4)nc3c2)[C@@H](C)C1. The third kappa shape index (κ3) is 6.67. The van der Waals surface area contributed by atoms with Gasteiger partial charge in [0, 0.05) is 49.5 Å². The molecule has 4 aromatic rings. The summed E-state index contributed by atoms with van der Waals surface area (Å²) in [5.41, 5.74) is 4.72. The summed E-state index contributed by atoms with van der Waals surface area (Å²) in [6.45, 7) is 9.28. The number of fused-ring (bicyclic) bond motifs is 1. The zero-order valence-corrected chi connectivity index (χ0v) is 23.1. The first-order valence-electron chi connectivity index (χ1n) is 13.5. The molecular weight excluding hydrogens is 511 g/mol. The van der Waals surface area contributed by atoms with Gasteiger partial charge in [0.2, 0.25) is 11.8 Å². The lowest BCUT2D eigenvalue weighted by Gasteiger charge is -2.40. The number of oxazole rings is 1. The van der Waals surface area contributed by atoms with Crippen molar-refractivity contribution in [3.8, 4) is 17.2 Å². The fourth-order valence-corrected chi connectivity index (χ4v) is 5.14. The Morgan fingerprint density at radius 2 is 1.93 bits per heavy atom. The Morgan fingerprint density at radius 3 is 2.67 bits per heavy atom. The van der Waals surface area contributed by atoms with Crippen molar-refractivity contribution in [1.29, 1.82) is 0 Å². The molecule has 2 N–H and O–H groups in total. The van der Waals surface area contributed by atoms with Gasteiger partial charge in [-0.3, -0.25) is 14.6 Å². The molecule has 2 heterocycles. The minimum absolute atomic E-state index is 0.0152. The van der Waals surface area contributed by atoms with Gasteiger partial charge >= 0.3 is 0 Å². The van der Waals surface area contributed by atoms with Crippen LogP contribution in [0.15, 0.2) is 65.1 Å². The van der Waals surface area contributed by atoms with E-state index in [1.165, 1.54) is 12.1 Å². The third-order valence-corrected chi connectivity index (χ3v) is 7.28. The summed E-state index contributed by atoms with van der Waals surface area (Å²) in [7, 11) is 0. The summed E-state index contributed by atoms with van der Waals surface area (Å²) in [4.78, 5) is 21.5. The highest BCUT2D eigenvalue weighted by molar-refractivity contribution is 5.93. The number of aliphatic hydroxyl groups is 1. The van der Waals surface area contributed by atoms with E-state index in [1.807, 2.05) is 32.0 Å². The Kier molecular flexibility index (Phi) is 8.44. The number of benzene rings is 3. The van der Waals surface area contributed by atoms with Crippen LogP contribution < -0.4 is 10.1 Å². The maximum atomic E-state index is 13.6. The Balaban J connectivity index is 1.09. The van der Waals surface area contributed by atoms with Crippen molar-refractivity contribution in [2.75, 3.05) is 44.6 Å². The molecule has 1 aliphatic heterocycles. The number of aliphatic hydroxyl groups excluding tert-OH is 1. The Morgan fingerprint density at radius 1 is 1.15 bits per heavy atom. The summed E-state index contributed by atoms with van der Waals surface area (Å²) >= 11 is 0. The largest absolute Gasteiger partial charge is 0.491 e. The number of aryl methyl sites for hydroxylation is 2. The number of carbonyl (C=O) groups is 1. The number of β-amino-alcohol motifs (C(OH)–C–C–N with tert-alkyl or cyclic N) is 1. The molecule has 1 saturated heterocycles. The average Bonchev–Trinajstić information content (AvgIpc) is 3.35. The van der Waals surface area contributed by atoms with Crippen LogP contribution in [0.4, 0.5) is 10.1 Å². The minimum atomic E-state index is -0.683. The first kappa shape index (κ1) is 27.8. The molecule has 1 aromatic heterocycles. The number of piperazine rings is 1. The number of para-hydroxylation sites is 1. The van der Waals surface area contributed by atoms with Crippen LogP contribution >= 0.6 is 0 Å². The molecule has 1 amide bonds. The van der Waals surface area contributed by atoms with Crippen LogP contribution in [0.2, 0.25) is 0 Å². The molecule has 8 nitrogen and oxygen atoms in total. The fraction of sp³-hybridized carbons (Fsp3) is 0.355. The van der Waals surface area contributed by atoms with E-state index in [9.17, 15) is 14.3 Å². The molecular formula is C31H35FN4O4. The molecule has 40 heavy (non-hydrogen) atoms. The van der Waals surface area contributed by atoms with Crippen LogP contribution in [0.3, 0.4) is 0 Å². The van der Waals surface area contributed by atoms with E-state index in [4.69, 9.17) is 9.15 Å². The number of hydrogen-bond acceptors (Lipinski definition) is 7. The van der Waals surface area contributed by atoms with E-state index >= 15 is 0 Å². The maximum Gasteiger partial charge on any atom is 0.238 e. The van der Waals surface area contributed by atoms with E-state index in [0.717, 1.165) is 36.4 Å². The van der Waals surface area contributed by atoms with Gasteiger partial charge in [-0.15, -0.1) is 0 Å². The lowest BCUT2D eigenvalue weighted by atomic mass is 10.1. The average molecular weight is 547 g/mol. The number of amides is 1. The van der Waals surface area contributed by atoms with Gasteiger partial charge in [0.05, 0.1) is 6.54 Å². The van der Waals surface area contributed by atoms with Crippen molar-refractivity contribution in [2.45, 2.75) is 32.9 Å². The zero-order valence-electron chi connectivity index (χ0n) is 23.1. The number of ether oxygens (including phenoxy) is 1. The highest BCUT2D eigenvalue weighted by Crippen LogP contribution is 2.27. The van der Waals surface area contributed by atoms with Gasteiger partial charge in [-0.05, 0) is 62.2 Å². The van der Waals surface area contributed by atoms with Crippen LogP contribution in [0.5, 0.6) is 5.75 Å². The molecule has 1 aliphatic rings. The number of aromatic nitrogens is 1. The molecule has 3 aromatic carbocycles. The lowest BCUT2D eigenvalue weighted by Crippen LogP contribution is -2.55. The normalized spacial score (nSPS) is 17.2. The second kappa shape index (κ2) is 12.2. The number of hydrogen-bond donors (Lipinski definition) is 2. The summed E-state index contributed by atoms with van der Waals surface area (Å²) in [5, 5.41) is 13.7. The fourth-order valence-electron chi connectivity index (χ4n) is 5.14. The minimum Gasteiger partial charge on any atom is -0.491 e. The Labute approximate surface area is 233 Å². The molecule has 0 unspecified atom stereocenters. The zero-order chi connectivity index (χ0) is 28.2. The molecule has 5 rings (SSSR count). The molecule has 2 atom stereocenters. The van der Waals surface area contributed by atoms with E-state index in [2.05, 4.69) is 27.0 Å². The van der Waals surface area contributed by atoms with Crippen LogP contribution in [0.1, 0.15) is 18.1 Å². The smallest absolute Gasteiger partial charge is 0.238 e. The van der Waals surface area contributed by atoms with Gasteiger partial charge in [-0.25, -0.2) is 9.37 Å². The number of anilines is 1. The number of rotatable bonds is 9. The van der Waals surface area contributed by atoms with Crippen molar-refractivity contribution in [2.24, 2.45) is 0 Å². The molecule has 0 radical (unpaired) electrons. The second-order valence-corrected chi connectivity index (χ2v) is 10.5. The van der Waals surface area contributed by atoms with Gasteiger partial charge in [-0.1, -0.05) is 24.3 Å². The number of carbonyl (C=O) groups excluding carboxylic acids is 1. The van der Waals surface area contributed by atoms with Gasteiger partial charge in [0.25, 0.3) is 0 Å². The number of halogens is 1. The van der Waals surface area contributed by atoms with Crippen LogP contribution in [0.25, 0.3) is 22.6 Å². The third-order valence-electron chi connectivity index (χ3n) is 7.28. The van der Waals surface area contributed by atoms with Crippen molar-refractivity contribution in [1.82, 2.24) is 14.8 Å². The van der Waals surface area contributed by atoms with Crippen molar-refractivity contribution in [3.63, 3.8) is 0 Å². The molecule has 0 bridgehead atoms. The molecule has 0 aliphatic carbocycles. The van der Waals surface area contributed by atoms with Crippen LogP contribution in [-0.4, -0.2) is 77.3 Å². The number of nitrogens with zero attached hydrogens (tertiary/aromatic N) is 3. The summed E-state index contributed by atoms with van der Waals surface area (Å²) in [6.07, 6.45) is -0.683. The van der Waals surface area contributed by atoms with Crippen LogP contribution in [-0.2, 0) is 4.79 Å². The van der Waals surface area contributed by atoms with Crippen molar-refractivity contribution in [3.05, 3.63) is 77.6 Å². The first-order valence-corrected chi connectivity index (χ1v) is 13.5. The molecule has 0 spiro atoms. The monoisotopic (exact) mass is 546 g/mol. The highest BCUT2D eigenvalue weighted by atomic mass is 19.1. The van der Waals surface area contributed by atoms with Crippen molar-refractivity contribution < 1.29 is 23.4 Å². The lowest BCUT2D eigenvalue weighted by molar-refractivity contribution is -0.118. The standard InChI is InChI=1S/C31H35FN4O4/c1-20-6-4-7-21(2)30(20)34-29(38)18-35-12-13-36(22(3)16-35)17-25(37)19-39-26-10-11-28-27(15-26)33-31(40-28)23-8-5-9-24(32)14-23/h4-11,14-15,22,25,37H,12-13,16-19H2,1-3H3,(H,34,38)/t22-,25-/m0/s1. The van der Waals surface area contributed by atoms with Gasteiger partial charge in [0.1, 0.15) is 29.8 Å². The first-order chi connectivity index (χ1) is 19.2. The predicted molar refractivity (Wildman–Crippen MR) is 153 cm³/mol. The van der Waals surface area contributed by atoms with Gasteiger partial charge < -0.3 is 19.6 Å². The Hall–Kier alpha value is -3.79. The van der Waals surface area contributed by atoms with Crippen molar-refractivity contribution >= 4 is 22.7 Å². The second-order valence-electron chi connectivity index (χ2n) is 10.5. The van der Waals surface area contributed by atoms with E-state index in [0.29, 0.717) is 41.4 Å². The van der Waals surface area contributed by atoms with E-state index in [-0.39, 0.29) is 24.4 Å². The summed E-state index contributed by atoms with van der Waals surface area (Å²) in [6, 6.07) is 17.5. The predicted octanol–water partition coefficient (Wildman–Crippen LogP) is 4.64. The molecule has 9 heteroatoms.